The Hall–Kier alpha value is -4.02. The van der Waals surface area contributed by atoms with Gasteiger partial charge in [-0.05, 0) is 51.3 Å². The molecule has 0 radical (unpaired) electrons. The zero-order valence-electron chi connectivity index (χ0n) is 23.1. The van der Waals surface area contributed by atoms with Crippen LogP contribution >= 0.6 is 0 Å². The van der Waals surface area contributed by atoms with Crippen LogP contribution < -0.4 is 14.8 Å². The number of carbonyl (C=O) groups excluding carboxylic acids is 1. The maximum Gasteiger partial charge on any atom is 0.389 e. The fraction of sp³-hybridized carbons (Fsp3) is 0.414. The van der Waals surface area contributed by atoms with Gasteiger partial charge in [-0.15, -0.1) is 13.2 Å². The van der Waals surface area contributed by atoms with E-state index in [1.165, 1.54) is 11.0 Å². The molecule has 0 unspecified atom stereocenters. The van der Waals surface area contributed by atoms with Crippen molar-refractivity contribution in [2.24, 2.45) is 0 Å². The summed E-state index contributed by atoms with van der Waals surface area (Å²) in [5.74, 6) is 1.10. The van der Waals surface area contributed by atoms with Crippen LogP contribution in [0.2, 0.25) is 0 Å². The molecule has 3 aromatic rings. The lowest BCUT2D eigenvalue weighted by atomic mass is 10.1. The van der Waals surface area contributed by atoms with Crippen LogP contribution in [0.3, 0.4) is 0 Å². The second-order valence-corrected chi connectivity index (χ2v) is 9.25. The van der Waals surface area contributed by atoms with Crippen LogP contribution in [0, 0.1) is 0 Å². The number of carbonyl (C=O) groups is 1. The molecule has 0 fully saturated rings. The predicted octanol–water partition coefficient (Wildman–Crippen LogP) is 6.74. The number of urea groups is 1. The quantitative estimate of drug-likeness (QED) is 0.175. The van der Waals surface area contributed by atoms with E-state index in [-0.39, 0.29) is 12.8 Å². The lowest BCUT2D eigenvalue weighted by Gasteiger charge is -2.30. The molecule has 8 nitrogen and oxygen atoms in total. The minimum atomic E-state index is -4.30. The van der Waals surface area contributed by atoms with Crippen LogP contribution in [0.1, 0.15) is 51.3 Å². The van der Waals surface area contributed by atoms with Gasteiger partial charge in [0, 0.05) is 43.2 Å². The largest absolute Gasteiger partial charge is 0.494 e. The molecule has 3 heterocycles. The highest BCUT2D eigenvalue weighted by molar-refractivity contribution is 5.75. The zero-order chi connectivity index (χ0) is 29.3. The Morgan fingerprint density at radius 3 is 2.67 bits per heavy atom. The first-order valence-electron chi connectivity index (χ1n) is 13.1. The molecule has 216 valence electrons. The number of hydrogen-bond acceptors (Lipinski definition) is 5. The molecule has 0 saturated carbocycles. The summed E-state index contributed by atoms with van der Waals surface area (Å²) in [6.45, 7) is 11.7. The van der Waals surface area contributed by atoms with Gasteiger partial charge in [0.2, 0.25) is 0 Å². The molecule has 11 heteroatoms. The number of ether oxygens (including phenoxy) is 2. The number of hydrogen-bond donors (Lipinski definition) is 1. The van der Waals surface area contributed by atoms with Gasteiger partial charge in [-0.2, -0.15) is 13.2 Å². The van der Waals surface area contributed by atoms with E-state index in [1.807, 2.05) is 23.6 Å². The van der Waals surface area contributed by atoms with Gasteiger partial charge in [0.15, 0.2) is 11.4 Å². The molecule has 0 aliphatic rings. The lowest BCUT2D eigenvalue weighted by molar-refractivity contribution is -0.136. The number of amides is 2. The monoisotopic (exact) mass is 559 g/mol. The first kappa shape index (κ1) is 30.5. The van der Waals surface area contributed by atoms with Crippen molar-refractivity contribution in [3.8, 4) is 22.8 Å². The molecule has 0 saturated heterocycles. The van der Waals surface area contributed by atoms with Crippen LogP contribution in [0.15, 0.2) is 62.1 Å². The number of nitrogens with one attached hydrogen (secondary N) is 1. The van der Waals surface area contributed by atoms with Gasteiger partial charge >= 0.3 is 12.2 Å². The van der Waals surface area contributed by atoms with Crippen LogP contribution in [0.25, 0.3) is 16.9 Å². The van der Waals surface area contributed by atoms with Crippen molar-refractivity contribution < 1.29 is 27.4 Å². The minimum absolute atomic E-state index is 0.229. The Balaban J connectivity index is 1.91. The maximum absolute atomic E-state index is 13.2. The summed E-state index contributed by atoms with van der Waals surface area (Å²) in [4.78, 5) is 23.9. The first-order valence-corrected chi connectivity index (χ1v) is 13.1. The Bertz CT molecular complexity index is 1310. The third-order valence-corrected chi connectivity index (χ3v) is 6.46. The molecule has 2 amide bonds. The number of fused-ring (bicyclic) bond motifs is 1. The second-order valence-electron chi connectivity index (χ2n) is 9.25. The van der Waals surface area contributed by atoms with Crippen molar-refractivity contribution in [1.82, 2.24) is 24.6 Å². The molecule has 40 heavy (non-hydrogen) atoms. The molecule has 3 aromatic heterocycles. The predicted molar refractivity (Wildman–Crippen MR) is 149 cm³/mol. The smallest absolute Gasteiger partial charge is 0.389 e. The van der Waals surface area contributed by atoms with Crippen molar-refractivity contribution in [2.45, 2.75) is 57.8 Å². The van der Waals surface area contributed by atoms with E-state index in [2.05, 4.69) is 23.5 Å². The summed E-state index contributed by atoms with van der Waals surface area (Å²) >= 11 is 0. The van der Waals surface area contributed by atoms with Crippen molar-refractivity contribution in [1.29, 1.82) is 0 Å². The first-order chi connectivity index (χ1) is 19.1. The number of methoxy groups -OCH3 is 1. The highest BCUT2D eigenvalue weighted by Gasteiger charge is 2.30. The molecule has 0 aromatic carbocycles. The zero-order valence-corrected chi connectivity index (χ0v) is 23.1. The van der Waals surface area contributed by atoms with E-state index in [9.17, 15) is 18.0 Å². The normalized spacial score (nSPS) is 12.9. The highest BCUT2D eigenvalue weighted by atomic mass is 19.4. The van der Waals surface area contributed by atoms with Crippen molar-refractivity contribution in [3.63, 3.8) is 0 Å². The molecule has 0 spiro atoms. The summed E-state index contributed by atoms with van der Waals surface area (Å²) in [5.41, 5.74) is 2.51. The Morgan fingerprint density at radius 2 is 2.02 bits per heavy atom. The van der Waals surface area contributed by atoms with Crippen molar-refractivity contribution in [2.75, 3.05) is 20.3 Å². The van der Waals surface area contributed by atoms with E-state index in [4.69, 9.17) is 14.5 Å². The highest BCUT2D eigenvalue weighted by Crippen LogP contribution is 2.34. The topological polar surface area (TPSA) is 81.0 Å². The van der Waals surface area contributed by atoms with Gasteiger partial charge in [-0.3, -0.25) is 0 Å². The number of alkyl halides is 3. The van der Waals surface area contributed by atoms with Gasteiger partial charge in [-0.25, -0.2) is 14.8 Å². The Labute approximate surface area is 232 Å². The van der Waals surface area contributed by atoms with Gasteiger partial charge in [0.25, 0.3) is 0 Å². The summed E-state index contributed by atoms with van der Waals surface area (Å²) in [6.07, 6.45) is 4.00. The number of halogens is 3. The number of pyridine rings is 2. The average Bonchev–Trinajstić information content (AvgIpc) is 3.40. The van der Waals surface area contributed by atoms with Crippen molar-refractivity contribution >= 4 is 11.7 Å². The van der Waals surface area contributed by atoms with Gasteiger partial charge in [-0.1, -0.05) is 12.2 Å². The van der Waals surface area contributed by atoms with E-state index < -0.39 is 30.7 Å². The van der Waals surface area contributed by atoms with Crippen LogP contribution in [0.5, 0.6) is 11.5 Å². The molecular weight excluding hydrogens is 523 g/mol. The maximum atomic E-state index is 13.2. The number of nitrogens with zero attached hydrogens (tertiary/aromatic N) is 4. The van der Waals surface area contributed by atoms with E-state index in [0.29, 0.717) is 48.1 Å². The molecule has 1 N–H and O–H groups in total. The lowest BCUT2D eigenvalue weighted by Crippen LogP contribution is -2.46. The van der Waals surface area contributed by atoms with Crippen LogP contribution in [-0.4, -0.2) is 57.8 Å². The minimum Gasteiger partial charge on any atom is -0.494 e. The standard InChI is InChI=1S/C29H36F3N5O3/c1-6-9-17-40-25-18-21(19-36-16-15-33-27(25)36)26-24(39-5)12-11-23(35-26)20(4)37(8-3)28(38)34-22(10-7-2)13-14-29(30,31)32/h6-7,11-12,15-16,18-20,22H,1-2,8-10,13-14,17H2,3-5H3,(H,34,38)/t20-,22-/m1/s1. The summed E-state index contributed by atoms with van der Waals surface area (Å²) in [5, 5.41) is 2.74. The third kappa shape index (κ3) is 7.77. The van der Waals surface area contributed by atoms with Crippen LogP contribution in [0.4, 0.5) is 18.0 Å². The number of imidazole rings is 1. The fourth-order valence-electron chi connectivity index (χ4n) is 4.35. The fourth-order valence-corrected chi connectivity index (χ4v) is 4.35. The number of aromatic nitrogens is 3. The average molecular weight is 560 g/mol. The van der Waals surface area contributed by atoms with Crippen LogP contribution in [-0.2, 0) is 0 Å². The summed E-state index contributed by atoms with van der Waals surface area (Å²) in [6, 6.07) is 3.75. The van der Waals surface area contributed by atoms with E-state index >= 15 is 0 Å². The third-order valence-electron chi connectivity index (χ3n) is 6.46. The molecule has 0 bridgehead atoms. The summed E-state index contributed by atoms with van der Waals surface area (Å²) in [7, 11) is 1.55. The Kier molecular flexibility index (Phi) is 10.6. The van der Waals surface area contributed by atoms with E-state index in [0.717, 1.165) is 5.56 Å². The molecule has 0 aliphatic carbocycles. The summed E-state index contributed by atoms with van der Waals surface area (Å²) < 4.78 is 51.8. The molecule has 2 atom stereocenters. The molecular formula is C29H36F3N5O3. The number of rotatable bonds is 14. The van der Waals surface area contributed by atoms with Gasteiger partial charge in [0.1, 0.15) is 11.4 Å². The van der Waals surface area contributed by atoms with E-state index in [1.54, 1.807) is 44.6 Å². The Morgan fingerprint density at radius 1 is 1.25 bits per heavy atom. The SMILES string of the molecule is C=CCCOc1cc(-c2nc([C@@H](C)N(CC)C(=O)N[C@H](CC=C)CCC(F)(F)F)ccc2OC)cn2ccnc12. The van der Waals surface area contributed by atoms with Crippen molar-refractivity contribution in [3.05, 3.63) is 67.8 Å². The van der Waals surface area contributed by atoms with Gasteiger partial charge in [0.05, 0.1) is 25.5 Å². The second kappa shape index (κ2) is 13.9. The van der Waals surface area contributed by atoms with Gasteiger partial charge < -0.3 is 24.1 Å². The molecule has 3 rings (SSSR count). The molecule has 0 aliphatic heterocycles.